The van der Waals surface area contributed by atoms with E-state index in [1.54, 1.807) is 0 Å². The first kappa shape index (κ1) is 21.7. The fraction of sp³-hybridized carbons (Fsp3) is 0.240. The van der Waals surface area contributed by atoms with E-state index in [2.05, 4.69) is 25.9 Å². The highest BCUT2D eigenvalue weighted by atomic mass is 16.3. The number of pyridine rings is 1. The van der Waals surface area contributed by atoms with Crippen molar-refractivity contribution in [1.82, 2.24) is 25.6 Å². The number of aromatic amines is 1. The minimum atomic E-state index is -0.391. The number of anilines is 2. The van der Waals surface area contributed by atoms with Crippen molar-refractivity contribution in [3.8, 4) is 22.6 Å². The van der Waals surface area contributed by atoms with Crippen LogP contribution in [-0.4, -0.2) is 55.8 Å². The number of H-pyrrole nitrogens is 1. The van der Waals surface area contributed by atoms with E-state index in [1.165, 1.54) is 0 Å². The number of carbonyl (C=O) groups is 1. The first-order valence-corrected chi connectivity index (χ1v) is 11.2. The summed E-state index contributed by atoms with van der Waals surface area (Å²) in [7, 11) is 0. The average molecular weight is 456 g/mol. The molecule has 2 aromatic carbocycles. The average Bonchev–Trinajstić information content (AvgIpc) is 3.52. The first-order valence-electron chi connectivity index (χ1n) is 11.2. The highest BCUT2D eigenvalue weighted by Crippen LogP contribution is 2.33. The van der Waals surface area contributed by atoms with Gasteiger partial charge in [0.05, 0.1) is 18.2 Å². The highest BCUT2D eigenvalue weighted by molar-refractivity contribution is 5.93. The Bertz CT molecular complexity index is 1290. The summed E-state index contributed by atoms with van der Waals surface area (Å²) in [6, 6.07) is 19.3. The van der Waals surface area contributed by atoms with E-state index in [4.69, 9.17) is 4.98 Å². The van der Waals surface area contributed by atoms with Crippen LogP contribution < -0.4 is 10.2 Å². The molecular formula is C25H25N7O2. The maximum atomic E-state index is 12.8. The van der Waals surface area contributed by atoms with E-state index in [0.717, 1.165) is 22.3 Å². The number of rotatable bonds is 6. The van der Waals surface area contributed by atoms with Crippen LogP contribution in [0.5, 0.6) is 0 Å². The van der Waals surface area contributed by atoms with Crippen molar-refractivity contribution in [3.63, 3.8) is 0 Å². The van der Waals surface area contributed by atoms with Crippen molar-refractivity contribution >= 4 is 17.4 Å². The maximum absolute atomic E-state index is 12.8. The van der Waals surface area contributed by atoms with Crippen molar-refractivity contribution in [3.05, 3.63) is 71.8 Å². The Labute approximate surface area is 196 Å². The van der Waals surface area contributed by atoms with Crippen molar-refractivity contribution in [2.75, 3.05) is 23.3 Å². The van der Waals surface area contributed by atoms with Gasteiger partial charge in [0, 0.05) is 36.0 Å². The van der Waals surface area contributed by atoms with Gasteiger partial charge in [0.25, 0.3) is 0 Å². The van der Waals surface area contributed by atoms with Crippen LogP contribution in [0.3, 0.4) is 0 Å². The van der Waals surface area contributed by atoms with Crippen LogP contribution in [0.2, 0.25) is 0 Å². The van der Waals surface area contributed by atoms with E-state index >= 15 is 0 Å². The number of aliphatic hydroxyl groups excluding tert-OH is 1. The van der Waals surface area contributed by atoms with Crippen molar-refractivity contribution < 1.29 is 9.90 Å². The monoisotopic (exact) mass is 455 g/mol. The van der Waals surface area contributed by atoms with E-state index in [-0.39, 0.29) is 12.3 Å². The first-order chi connectivity index (χ1) is 16.5. The Morgan fingerprint density at radius 2 is 1.94 bits per heavy atom. The van der Waals surface area contributed by atoms with Crippen molar-refractivity contribution in [2.24, 2.45) is 0 Å². The number of carbonyl (C=O) groups excluding carboxylic acids is 1. The van der Waals surface area contributed by atoms with Gasteiger partial charge in [0.15, 0.2) is 5.82 Å². The fourth-order valence-electron chi connectivity index (χ4n) is 4.12. The molecule has 9 heteroatoms. The van der Waals surface area contributed by atoms with Crippen LogP contribution in [0.15, 0.2) is 60.7 Å². The van der Waals surface area contributed by atoms with E-state index in [1.807, 2.05) is 72.5 Å². The molecule has 4 aromatic rings. The number of hydrogen-bond acceptors (Lipinski definition) is 7. The van der Waals surface area contributed by atoms with Gasteiger partial charge in [-0.2, -0.15) is 0 Å². The minimum Gasteiger partial charge on any atom is -0.391 e. The molecule has 34 heavy (non-hydrogen) atoms. The summed E-state index contributed by atoms with van der Waals surface area (Å²) >= 11 is 0. The largest absolute Gasteiger partial charge is 0.391 e. The van der Waals surface area contributed by atoms with E-state index in [9.17, 15) is 9.90 Å². The van der Waals surface area contributed by atoms with Crippen LogP contribution in [0.4, 0.5) is 11.5 Å². The summed E-state index contributed by atoms with van der Waals surface area (Å²) in [5.74, 6) is 1.12. The normalized spacial score (nSPS) is 15.5. The van der Waals surface area contributed by atoms with Gasteiger partial charge in [-0.3, -0.25) is 4.79 Å². The summed E-state index contributed by atoms with van der Waals surface area (Å²) in [5.41, 5.74) is 5.05. The molecule has 1 saturated heterocycles. The van der Waals surface area contributed by atoms with Gasteiger partial charge < -0.3 is 15.3 Å². The molecule has 0 aliphatic carbocycles. The third-order valence-corrected chi connectivity index (χ3v) is 5.87. The lowest BCUT2D eigenvalue weighted by Crippen LogP contribution is -2.23. The van der Waals surface area contributed by atoms with Crippen molar-refractivity contribution in [2.45, 2.75) is 25.9 Å². The highest BCUT2D eigenvalue weighted by Gasteiger charge is 2.23. The van der Waals surface area contributed by atoms with Gasteiger partial charge in [-0.15, -0.1) is 5.10 Å². The number of amides is 1. The Morgan fingerprint density at radius 3 is 2.65 bits per heavy atom. The molecule has 172 valence electrons. The predicted octanol–water partition coefficient (Wildman–Crippen LogP) is 2.99. The van der Waals surface area contributed by atoms with Crippen LogP contribution in [-0.2, 0) is 11.2 Å². The van der Waals surface area contributed by atoms with Gasteiger partial charge in [-0.05, 0) is 35.4 Å². The third-order valence-electron chi connectivity index (χ3n) is 5.87. The molecule has 1 aliphatic heterocycles. The lowest BCUT2D eigenvalue weighted by atomic mass is 10.0. The van der Waals surface area contributed by atoms with Gasteiger partial charge >= 0.3 is 0 Å². The minimum absolute atomic E-state index is 0.110. The topological polar surface area (TPSA) is 120 Å². The molecule has 5 rings (SSSR count). The van der Waals surface area contributed by atoms with Gasteiger partial charge in [0.2, 0.25) is 5.91 Å². The zero-order chi connectivity index (χ0) is 23.5. The molecule has 9 nitrogen and oxygen atoms in total. The van der Waals surface area contributed by atoms with Crippen LogP contribution in [0.25, 0.3) is 22.6 Å². The molecule has 1 fully saturated rings. The van der Waals surface area contributed by atoms with Crippen LogP contribution in [0, 0.1) is 6.92 Å². The lowest BCUT2D eigenvalue weighted by Gasteiger charge is -2.20. The molecule has 0 bridgehead atoms. The van der Waals surface area contributed by atoms with E-state index < -0.39 is 6.10 Å². The number of nitrogens with one attached hydrogen (secondary N) is 2. The molecule has 3 heterocycles. The summed E-state index contributed by atoms with van der Waals surface area (Å²) < 4.78 is 0. The van der Waals surface area contributed by atoms with E-state index in [0.29, 0.717) is 42.5 Å². The molecule has 2 aromatic heterocycles. The maximum Gasteiger partial charge on any atom is 0.228 e. The molecule has 0 spiro atoms. The smallest absolute Gasteiger partial charge is 0.228 e. The Balaban J connectivity index is 1.49. The molecule has 0 unspecified atom stereocenters. The number of aryl methyl sites for hydroxylation is 1. The second-order valence-electron chi connectivity index (χ2n) is 8.49. The lowest BCUT2D eigenvalue weighted by molar-refractivity contribution is -0.115. The summed E-state index contributed by atoms with van der Waals surface area (Å²) in [6.45, 7) is 3.22. The molecular weight excluding hydrogens is 430 g/mol. The molecule has 0 saturated carbocycles. The third kappa shape index (κ3) is 4.79. The number of hydrogen-bond donors (Lipinski definition) is 3. The predicted molar refractivity (Wildman–Crippen MR) is 129 cm³/mol. The number of benzene rings is 2. The molecule has 3 N–H and O–H groups in total. The number of nitrogens with zero attached hydrogens (tertiary/aromatic N) is 5. The number of aliphatic hydroxyl groups is 1. The molecule has 0 radical (unpaired) electrons. The van der Waals surface area contributed by atoms with Gasteiger partial charge in [-0.25, -0.2) is 10.1 Å². The SMILES string of the molecule is Cc1ccc(CC(=O)Nc2cc(-c3ccccc3-c3nnn[nH]3)nc(N3CC[C@@H](O)C3)c2)cc1. The van der Waals surface area contributed by atoms with Crippen LogP contribution >= 0.6 is 0 Å². The quantitative estimate of drug-likeness (QED) is 0.409. The number of tetrazole rings is 1. The summed E-state index contributed by atoms with van der Waals surface area (Å²) in [4.78, 5) is 19.7. The zero-order valence-corrected chi connectivity index (χ0v) is 18.8. The Kier molecular flexibility index (Phi) is 6.01. The number of β-amino-alcohol motifs (C(OH)–C–C–N with tert-alkyl or cyclic N) is 1. The second-order valence-corrected chi connectivity index (χ2v) is 8.49. The van der Waals surface area contributed by atoms with Gasteiger partial charge in [-0.1, -0.05) is 54.1 Å². The fourth-order valence-corrected chi connectivity index (χ4v) is 4.12. The number of aromatic nitrogens is 5. The second kappa shape index (κ2) is 9.40. The van der Waals surface area contributed by atoms with Crippen LogP contribution in [0.1, 0.15) is 17.5 Å². The molecule has 1 amide bonds. The standard InChI is InChI=1S/C25H25N7O2/c1-16-6-8-17(9-7-16)12-24(34)26-18-13-22(27-23(14-18)32-11-10-19(33)15-32)20-4-2-3-5-21(20)25-28-30-31-29-25/h2-9,13-14,19,33H,10-12,15H2,1H3,(H,26,27,34)(H,28,29,30,31)/t19-/m1/s1. The molecule has 1 aliphatic rings. The van der Waals surface area contributed by atoms with Gasteiger partial charge in [0.1, 0.15) is 5.82 Å². The Hall–Kier alpha value is -4.11. The Morgan fingerprint density at radius 1 is 1.15 bits per heavy atom. The molecule has 1 atom stereocenters. The summed E-state index contributed by atoms with van der Waals surface area (Å²) in [6.07, 6.45) is 0.565. The summed E-state index contributed by atoms with van der Waals surface area (Å²) in [5, 5.41) is 27.3. The zero-order valence-electron chi connectivity index (χ0n) is 18.8. The van der Waals surface area contributed by atoms with Crippen molar-refractivity contribution in [1.29, 1.82) is 0 Å².